The largest absolute Gasteiger partial charge is 0.336 e. The number of benzene rings is 1. The second-order valence-corrected chi connectivity index (χ2v) is 5.52. The predicted molar refractivity (Wildman–Crippen MR) is 86.3 cm³/mol. The van der Waals surface area contributed by atoms with Gasteiger partial charge in [0, 0.05) is 19.2 Å². The van der Waals surface area contributed by atoms with Crippen LogP contribution in [0.25, 0.3) is 0 Å². The maximum Gasteiger partial charge on any atom is 0.243 e. The maximum absolute atomic E-state index is 12.1. The summed E-state index contributed by atoms with van der Waals surface area (Å²) in [5.74, 6) is -0.126. The molecule has 0 atom stereocenters. The smallest absolute Gasteiger partial charge is 0.243 e. The molecule has 116 valence electrons. The topological polar surface area (TPSA) is 49.4 Å². The molecule has 1 N–H and O–H groups in total. The zero-order chi connectivity index (χ0) is 15.8. The number of unbranched alkanes of at least 4 members (excludes halogenated alkanes) is 2. The number of amides is 2. The summed E-state index contributed by atoms with van der Waals surface area (Å²) < 4.78 is 0. The molecule has 0 bridgehead atoms. The van der Waals surface area contributed by atoms with Crippen molar-refractivity contribution in [2.24, 2.45) is 0 Å². The monoisotopic (exact) mass is 290 g/mol. The van der Waals surface area contributed by atoms with Gasteiger partial charge in [-0.25, -0.2) is 0 Å². The molecule has 4 nitrogen and oxygen atoms in total. The molecule has 1 rings (SSSR count). The van der Waals surface area contributed by atoms with E-state index in [4.69, 9.17) is 0 Å². The second kappa shape index (κ2) is 8.45. The van der Waals surface area contributed by atoms with Gasteiger partial charge in [-0.1, -0.05) is 38.0 Å². The summed E-state index contributed by atoms with van der Waals surface area (Å²) in [4.78, 5) is 25.4. The Morgan fingerprint density at radius 2 is 1.76 bits per heavy atom. The van der Waals surface area contributed by atoms with Crippen molar-refractivity contribution in [2.45, 2.75) is 46.5 Å². The van der Waals surface area contributed by atoms with Crippen molar-refractivity contribution < 1.29 is 9.59 Å². The van der Waals surface area contributed by atoms with E-state index >= 15 is 0 Å². The maximum atomic E-state index is 12.1. The van der Waals surface area contributed by atoms with Crippen molar-refractivity contribution in [2.75, 3.05) is 18.9 Å². The third-order valence-electron chi connectivity index (χ3n) is 3.55. The molecule has 0 fully saturated rings. The van der Waals surface area contributed by atoms with Crippen LogP contribution in [0.15, 0.2) is 18.2 Å². The van der Waals surface area contributed by atoms with Gasteiger partial charge < -0.3 is 10.2 Å². The third kappa shape index (κ3) is 5.58. The molecule has 0 aliphatic carbocycles. The Morgan fingerprint density at radius 1 is 1.14 bits per heavy atom. The minimum atomic E-state index is -0.154. The Kier molecular flexibility index (Phi) is 6.92. The van der Waals surface area contributed by atoms with Gasteiger partial charge in [-0.3, -0.25) is 9.59 Å². The fourth-order valence-electron chi connectivity index (χ4n) is 2.21. The van der Waals surface area contributed by atoms with Gasteiger partial charge in [0.2, 0.25) is 11.8 Å². The second-order valence-electron chi connectivity index (χ2n) is 5.52. The summed E-state index contributed by atoms with van der Waals surface area (Å²) in [6.45, 7) is 6.12. The quantitative estimate of drug-likeness (QED) is 0.783. The van der Waals surface area contributed by atoms with Crippen LogP contribution in [0.4, 0.5) is 5.69 Å². The molecule has 4 heteroatoms. The average molecular weight is 290 g/mol. The van der Waals surface area contributed by atoms with Crippen LogP contribution in [0.2, 0.25) is 0 Å². The number of nitrogens with zero attached hydrogens (tertiary/aromatic N) is 1. The molecule has 2 amide bonds. The van der Waals surface area contributed by atoms with Gasteiger partial charge in [-0.15, -0.1) is 0 Å². The molecule has 0 aliphatic heterocycles. The van der Waals surface area contributed by atoms with E-state index in [1.54, 1.807) is 7.05 Å². The zero-order valence-electron chi connectivity index (χ0n) is 13.5. The standard InChI is InChI=1S/C17H26N2O2/c1-5-6-7-11-16(21)19(4)12-15(20)18-17-13(2)9-8-10-14(17)3/h8-10H,5-7,11-12H2,1-4H3,(H,18,20). The number of likely N-dealkylation sites (N-methyl/N-ethyl adjacent to an activating group) is 1. The number of para-hydroxylation sites is 1. The summed E-state index contributed by atoms with van der Waals surface area (Å²) in [5.41, 5.74) is 2.90. The molecule has 0 heterocycles. The van der Waals surface area contributed by atoms with Crippen molar-refractivity contribution in [3.63, 3.8) is 0 Å². The lowest BCUT2D eigenvalue weighted by Gasteiger charge is -2.18. The van der Waals surface area contributed by atoms with Gasteiger partial charge in [0.1, 0.15) is 0 Å². The lowest BCUT2D eigenvalue weighted by atomic mass is 10.1. The Labute approximate surface area is 127 Å². The van der Waals surface area contributed by atoms with Crippen LogP contribution >= 0.6 is 0 Å². The number of nitrogens with one attached hydrogen (secondary N) is 1. The zero-order valence-corrected chi connectivity index (χ0v) is 13.5. The summed E-state index contributed by atoms with van der Waals surface area (Å²) in [6.07, 6.45) is 3.54. The number of anilines is 1. The number of carbonyl (C=O) groups excluding carboxylic acids is 2. The van der Waals surface area contributed by atoms with E-state index < -0.39 is 0 Å². The number of hydrogen-bond donors (Lipinski definition) is 1. The number of aryl methyl sites for hydroxylation is 2. The molecule has 0 aliphatic rings. The van der Waals surface area contributed by atoms with Crippen LogP contribution in [0.5, 0.6) is 0 Å². The Bertz CT molecular complexity index is 477. The van der Waals surface area contributed by atoms with E-state index in [1.165, 1.54) is 4.90 Å². The molecular weight excluding hydrogens is 264 g/mol. The highest BCUT2D eigenvalue weighted by Crippen LogP contribution is 2.19. The van der Waals surface area contributed by atoms with Gasteiger partial charge >= 0.3 is 0 Å². The highest BCUT2D eigenvalue weighted by Gasteiger charge is 2.13. The molecule has 0 saturated heterocycles. The molecule has 1 aromatic carbocycles. The highest BCUT2D eigenvalue weighted by atomic mass is 16.2. The molecule has 21 heavy (non-hydrogen) atoms. The van der Waals surface area contributed by atoms with Crippen LogP contribution in [0.1, 0.15) is 43.7 Å². The normalized spacial score (nSPS) is 10.3. The minimum Gasteiger partial charge on any atom is -0.336 e. The molecular formula is C17H26N2O2. The van der Waals surface area contributed by atoms with E-state index in [0.29, 0.717) is 6.42 Å². The Hall–Kier alpha value is -1.84. The third-order valence-corrected chi connectivity index (χ3v) is 3.55. The first-order chi connectivity index (χ1) is 9.95. The van der Waals surface area contributed by atoms with Crippen molar-refractivity contribution in [1.82, 2.24) is 4.90 Å². The van der Waals surface area contributed by atoms with Crippen LogP contribution < -0.4 is 5.32 Å². The van der Waals surface area contributed by atoms with Crippen LogP contribution in [0, 0.1) is 13.8 Å². The fraction of sp³-hybridized carbons (Fsp3) is 0.529. The summed E-state index contributed by atoms with van der Waals surface area (Å²) in [7, 11) is 1.68. The average Bonchev–Trinajstić information content (AvgIpc) is 2.43. The Morgan fingerprint density at radius 3 is 2.33 bits per heavy atom. The van der Waals surface area contributed by atoms with E-state index in [-0.39, 0.29) is 18.4 Å². The first kappa shape index (κ1) is 17.2. The first-order valence-corrected chi connectivity index (χ1v) is 7.55. The molecule has 0 unspecified atom stereocenters. The molecule has 0 spiro atoms. The lowest BCUT2D eigenvalue weighted by Crippen LogP contribution is -2.35. The van der Waals surface area contributed by atoms with Crippen LogP contribution in [0.3, 0.4) is 0 Å². The van der Waals surface area contributed by atoms with E-state index in [1.807, 2.05) is 32.0 Å². The van der Waals surface area contributed by atoms with Crippen molar-refractivity contribution in [1.29, 1.82) is 0 Å². The van der Waals surface area contributed by atoms with Crippen LogP contribution in [-0.4, -0.2) is 30.3 Å². The van der Waals surface area contributed by atoms with Crippen molar-refractivity contribution >= 4 is 17.5 Å². The summed E-state index contributed by atoms with van der Waals surface area (Å²) >= 11 is 0. The van der Waals surface area contributed by atoms with Gasteiger partial charge in [0.25, 0.3) is 0 Å². The molecule has 1 aromatic rings. The van der Waals surface area contributed by atoms with Gasteiger partial charge in [0.05, 0.1) is 6.54 Å². The highest BCUT2D eigenvalue weighted by molar-refractivity contribution is 5.95. The van der Waals surface area contributed by atoms with Gasteiger partial charge in [0.15, 0.2) is 0 Å². The molecule has 0 radical (unpaired) electrons. The lowest BCUT2D eigenvalue weighted by molar-refractivity contribution is -0.133. The van der Waals surface area contributed by atoms with E-state index in [2.05, 4.69) is 12.2 Å². The minimum absolute atomic E-state index is 0.0279. The molecule has 0 aromatic heterocycles. The number of carbonyl (C=O) groups is 2. The summed E-state index contributed by atoms with van der Waals surface area (Å²) in [6, 6.07) is 5.88. The number of hydrogen-bond acceptors (Lipinski definition) is 2. The molecule has 0 saturated carbocycles. The fourth-order valence-corrected chi connectivity index (χ4v) is 2.21. The first-order valence-electron chi connectivity index (χ1n) is 7.55. The van der Waals surface area contributed by atoms with E-state index in [0.717, 1.165) is 36.1 Å². The summed E-state index contributed by atoms with van der Waals surface area (Å²) in [5, 5.41) is 2.90. The van der Waals surface area contributed by atoms with Crippen LogP contribution in [-0.2, 0) is 9.59 Å². The number of rotatable bonds is 7. The van der Waals surface area contributed by atoms with Gasteiger partial charge in [-0.2, -0.15) is 0 Å². The van der Waals surface area contributed by atoms with Crippen molar-refractivity contribution in [3.8, 4) is 0 Å². The SMILES string of the molecule is CCCCCC(=O)N(C)CC(=O)Nc1c(C)cccc1C. The Balaban J connectivity index is 2.51. The van der Waals surface area contributed by atoms with Crippen molar-refractivity contribution in [3.05, 3.63) is 29.3 Å². The van der Waals surface area contributed by atoms with Gasteiger partial charge in [-0.05, 0) is 31.4 Å². The predicted octanol–water partition coefficient (Wildman–Crippen LogP) is 3.28. The van der Waals surface area contributed by atoms with E-state index in [9.17, 15) is 9.59 Å².